The van der Waals surface area contributed by atoms with Gasteiger partial charge in [0.1, 0.15) is 6.04 Å². The molecule has 6 nitrogen and oxygen atoms in total. The molecule has 2 aromatic rings. The molecular weight excluding hydrogens is 334 g/mol. The fraction of sp³-hybridized carbons (Fsp3) is 0.467. The van der Waals surface area contributed by atoms with Crippen LogP contribution in [0.3, 0.4) is 0 Å². The summed E-state index contributed by atoms with van der Waals surface area (Å²) < 4.78 is 26.9. The first-order valence-electron chi connectivity index (χ1n) is 7.67. The number of aromatic nitrogens is 1. The molecule has 1 fully saturated rings. The highest BCUT2D eigenvalue weighted by atomic mass is 32.2. The Morgan fingerprint density at radius 1 is 1.43 bits per heavy atom. The molecule has 3 rings (SSSR count). The molecule has 1 aliphatic rings. The quantitative estimate of drug-likeness (QED) is 0.895. The first-order chi connectivity index (χ1) is 11.0. The van der Waals surface area contributed by atoms with Gasteiger partial charge < -0.3 is 5.32 Å². The molecule has 0 bridgehead atoms. The highest BCUT2D eigenvalue weighted by molar-refractivity contribution is 7.89. The molecule has 1 amide bonds. The molecule has 0 radical (unpaired) electrons. The number of nitrogens with one attached hydrogen (secondary N) is 1. The molecule has 0 unspecified atom stereocenters. The number of nitrogens with zero attached hydrogens (tertiary/aromatic N) is 2. The van der Waals surface area contributed by atoms with Crippen LogP contribution in [0.15, 0.2) is 24.3 Å². The van der Waals surface area contributed by atoms with Gasteiger partial charge in [-0.25, -0.2) is 13.4 Å². The van der Waals surface area contributed by atoms with Crippen molar-refractivity contribution in [1.29, 1.82) is 0 Å². The third-order valence-corrected chi connectivity index (χ3v) is 6.88. The van der Waals surface area contributed by atoms with Crippen LogP contribution in [0, 0.1) is 0 Å². The first-order valence-corrected chi connectivity index (χ1v) is 10.1. The number of hydrogen-bond donors (Lipinski definition) is 1. The van der Waals surface area contributed by atoms with Crippen LogP contribution >= 0.6 is 11.3 Å². The van der Waals surface area contributed by atoms with Crippen molar-refractivity contribution in [3.05, 3.63) is 24.3 Å². The van der Waals surface area contributed by atoms with Gasteiger partial charge in [0.15, 0.2) is 5.13 Å². The minimum absolute atomic E-state index is 0.0813. The maximum absolute atomic E-state index is 12.5. The summed E-state index contributed by atoms with van der Waals surface area (Å²) in [6.07, 6.45) is 1.81. The Balaban J connectivity index is 1.76. The van der Waals surface area contributed by atoms with Crippen molar-refractivity contribution in [2.24, 2.45) is 0 Å². The predicted octanol–water partition coefficient (Wildman–Crippen LogP) is 2.44. The van der Waals surface area contributed by atoms with E-state index >= 15 is 0 Å². The Bertz CT molecular complexity index is 783. The number of rotatable bonds is 5. The molecule has 124 valence electrons. The lowest BCUT2D eigenvalue weighted by molar-refractivity contribution is -0.119. The van der Waals surface area contributed by atoms with E-state index in [-0.39, 0.29) is 11.7 Å². The second kappa shape index (κ2) is 6.54. The van der Waals surface area contributed by atoms with E-state index in [9.17, 15) is 13.2 Å². The number of carbonyl (C=O) groups excluding carboxylic acids is 1. The second-order valence-electron chi connectivity index (χ2n) is 5.56. The maximum Gasteiger partial charge on any atom is 0.244 e. The summed E-state index contributed by atoms with van der Waals surface area (Å²) in [5.74, 6) is -0.209. The van der Waals surface area contributed by atoms with Gasteiger partial charge in [0.25, 0.3) is 0 Å². The molecule has 1 saturated heterocycles. The second-order valence-corrected chi connectivity index (χ2v) is 8.63. The average Bonchev–Trinajstić information content (AvgIpc) is 3.13. The number of thiazole rings is 1. The summed E-state index contributed by atoms with van der Waals surface area (Å²) in [6, 6.07) is 7.01. The lowest BCUT2D eigenvalue weighted by Crippen LogP contribution is -2.43. The summed E-state index contributed by atoms with van der Waals surface area (Å²) in [5.41, 5.74) is 0.828. The summed E-state index contributed by atoms with van der Waals surface area (Å²) in [4.78, 5) is 16.9. The number of sulfonamides is 1. The van der Waals surface area contributed by atoms with E-state index in [1.54, 1.807) is 0 Å². The summed E-state index contributed by atoms with van der Waals surface area (Å²) in [6.45, 7) is 2.24. The highest BCUT2D eigenvalue weighted by Crippen LogP contribution is 2.27. The Morgan fingerprint density at radius 2 is 2.22 bits per heavy atom. The van der Waals surface area contributed by atoms with Crippen molar-refractivity contribution in [1.82, 2.24) is 9.29 Å². The minimum Gasteiger partial charge on any atom is -0.301 e. The summed E-state index contributed by atoms with van der Waals surface area (Å²) in [5, 5.41) is 3.29. The minimum atomic E-state index is -3.37. The van der Waals surface area contributed by atoms with E-state index in [0.717, 1.165) is 10.2 Å². The van der Waals surface area contributed by atoms with Crippen molar-refractivity contribution in [2.45, 2.75) is 32.2 Å². The maximum atomic E-state index is 12.5. The van der Waals surface area contributed by atoms with E-state index in [2.05, 4.69) is 10.3 Å². The fourth-order valence-corrected chi connectivity index (χ4v) is 5.44. The van der Waals surface area contributed by atoms with Crippen LogP contribution in [0.1, 0.15) is 26.2 Å². The number of fused-ring (bicyclic) bond motifs is 1. The van der Waals surface area contributed by atoms with Crippen molar-refractivity contribution in [2.75, 3.05) is 17.6 Å². The zero-order valence-electron chi connectivity index (χ0n) is 12.9. The van der Waals surface area contributed by atoms with Crippen LogP contribution < -0.4 is 5.32 Å². The number of hydrogen-bond acceptors (Lipinski definition) is 5. The average molecular weight is 353 g/mol. The molecule has 8 heteroatoms. The van der Waals surface area contributed by atoms with Gasteiger partial charge >= 0.3 is 0 Å². The monoisotopic (exact) mass is 353 g/mol. The van der Waals surface area contributed by atoms with Gasteiger partial charge in [0.2, 0.25) is 15.9 Å². The van der Waals surface area contributed by atoms with Gasteiger partial charge in [-0.3, -0.25) is 4.79 Å². The molecule has 1 aliphatic heterocycles. The normalized spacial score (nSPS) is 19.3. The highest BCUT2D eigenvalue weighted by Gasteiger charge is 2.38. The van der Waals surface area contributed by atoms with Crippen LogP contribution in [0.5, 0.6) is 0 Å². The van der Waals surface area contributed by atoms with Crippen LogP contribution in [-0.2, 0) is 14.8 Å². The zero-order chi connectivity index (χ0) is 16.4. The molecule has 0 spiro atoms. The third-order valence-electron chi connectivity index (χ3n) is 3.85. The molecule has 2 heterocycles. The molecule has 1 aromatic heterocycles. The molecule has 0 aliphatic carbocycles. The van der Waals surface area contributed by atoms with Crippen LogP contribution in [0.4, 0.5) is 5.13 Å². The zero-order valence-corrected chi connectivity index (χ0v) is 14.5. The molecular formula is C15H19N3O3S2. The van der Waals surface area contributed by atoms with Gasteiger partial charge in [0, 0.05) is 6.54 Å². The summed E-state index contributed by atoms with van der Waals surface area (Å²) >= 11 is 1.39. The summed E-state index contributed by atoms with van der Waals surface area (Å²) in [7, 11) is -3.37. The van der Waals surface area contributed by atoms with Crippen molar-refractivity contribution in [3.63, 3.8) is 0 Å². The molecule has 1 aromatic carbocycles. The van der Waals surface area contributed by atoms with E-state index in [4.69, 9.17) is 0 Å². The van der Waals surface area contributed by atoms with Crippen molar-refractivity contribution >= 4 is 42.6 Å². The standard InChI is InChI=1S/C15H19N3O3S2/c1-2-10-23(20,21)18-9-5-7-12(18)14(19)17-15-16-11-6-3-4-8-13(11)22-15/h3-4,6,8,12H,2,5,7,9-10H2,1H3,(H,16,17,19)/t12-/m1/s1. The number of carbonyl (C=O) groups is 1. The smallest absolute Gasteiger partial charge is 0.244 e. The Kier molecular flexibility index (Phi) is 4.65. The largest absolute Gasteiger partial charge is 0.301 e. The van der Waals surface area contributed by atoms with E-state index in [0.29, 0.717) is 30.9 Å². The molecule has 1 atom stereocenters. The Labute approximate surface area is 139 Å². The van der Waals surface area contributed by atoms with Gasteiger partial charge in [-0.15, -0.1) is 0 Å². The van der Waals surface area contributed by atoms with E-state index in [1.165, 1.54) is 15.6 Å². The lowest BCUT2D eigenvalue weighted by atomic mass is 10.2. The van der Waals surface area contributed by atoms with Gasteiger partial charge in [-0.05, 0) is 31.4 Å². The Morgan fingerprint density at radius 3 is 2.96 bits per heavy atom. The fourth-order valence-electron chi connectivity index (χ4n) is 2.82. The van der Waals surface area contributed by atoms with Crippen molar-refractivity contribution < 1.29 is 13.2 Å². The van der Waals surface area contributed by atoms with Crippen LogP contribution in [-0.4, -0.2) is 42.0 Å². The number of anilines is 1. The Hall–Kier alpha value is -1.51. The predicted molar refractivity (Wildman–Crippen MR) is 92.1 cm³/mol. The van der Waals surface area contributed by atoms with Gasteiger partial charge in [-0.1, -0.05) is 30.4 Å². The third kappa shape index (κ3) is 3.39. The number of para-hydroxylation sites is 1. The van der Waals surface area contributed by atoms with E-state index in [1.807, 2.05) is 31.2 Å². The first kappa shape index (κ1) is 16.4. The van der Waals surface area contributed by atoms with Crippen LogP contribution in [0.2, 0.25) is 0 Å². The lowest BCUT2D eigenvalue weighted by Gasteiger charge is -2.22. The topological polar surface area (TPSA) is 79.4 Å². The SMILES string of the molecule is CCCS(=O)(=O)N1CCC[C@@H]1C(=O)Nc1nc2ccccc2s1. The molecule has 0 saturated carbocycles. The molecule has 23 heavy (non-hydrogen) atoms. The number of amides is 1. The van der Waals surface area contributed by atoms with Crippen LogP contribution in [0.25, 0.3) is 10.2 Å². The van der Waals surface area contributed by atoms with Gasteiger partial charge in [-0.2, -0.15) is 4.31 Å². The van der Waals surface area contributed by atoms with Crippen molar-refractivity contribution in [3.8, 4) is 0 Å². The van der Waals surface area contributed by atoms with E-state index < -0.39 is 16.1 Å². The van der Waals surface area contributed by atoms with Gasteiger partial charge in [0.05, 0.1) is 16.0 Å². The number of benzene rings is 1. The molecule has 1 N–H and O–H groups in total.